The van der Waals surface area contributed by atoms with Gasteiger partial charge in [0.15, 0.2) is 0 Å². The van der Waals surface area contributed by atoms with Crippen LogP contribution in [0.5, 0.6) is 0 Å². The van der Waals surface area contributed by atoms with Gasteiger partial charge >= 0.3 is 0 Å². The monoisotopic (exact) mass is 459 g/mol. The first kappa shape index (κ1) is 22.4. The highest BCUT2D eigenvalue weighted by molar-refractivity contribution is 6.35. The molecular weight excluding hydrogens is 438 g/mol. The van der Waals surface area contributed by atoms with Crippen molar-refractivity contribution in [2.75, 3.05) is 11.1 Å². The zero-order valence-electron chi connectivity index (χ0n) is 17.8. The Morgan fingerprint density at radius 2 is 1.94 bits per heavy atom. The highest BCUT2D eigenvalue weighted by Crippen LogP contribution is 2.31. The number of nitrogens with one attached hydrogen (secondary N) is 2. The van der Waals surface area contributed by atoms with Crippen LogP contribution in [0.15, 0.2) is 60.9 Å². The maximum atomic E-state index is 11.0. The number of pyridine rings is 1. The Kier molecular flexibility index (Phi) is 6.66. The summed E-state index contributed by atoms with van der Waals surface area (Å²) in [6.07, 6.45) is 0.291. The lowest BCUT2D eigenvalue weighted by Crippen LogP contribution is -2.24. The standard InChI is InChI=1S/C24H22ClN7O/c1-14(31-23-18(11-26)22(27)29-13-30-23)20-17(10-16-8-5-9-19(25)21(16)32-20)24(33)28-12-15-6-3-2-4-7-15/h2-10,13-14,24,28,33H,12H2,1H3,(H3,27,29,30,31)/t14-,24?/m0/s1. The Bertz CT molecular complexity index is 1320. The zero-order chi connectivity index (χ0) is 23.4. The average Bonchev–Trinajstić information content (AvgIpc) is 2.83. The molecule has 0 aliphatic rings. The van der Waals surface area contributed by atoms with E-state index in [9.17, 15) is 10.4 Å². The van der Waals surface area contributed by atoms with Crippen LogP contribution in [-0.4, -0.2) is 20.1 Å². The van der Waals surface area contributed by atoms with Crippen LogP contribution in [0, 0.1) is 11.3 Å². The molecule has 2 aromatic carbocycles. The lowest BCUT2D eigenvalue weighted by atomic mass is 10.0. The molecule has 0 radical (unpaired) electrons. The fourth-order valence-electron chi connectivity index (χ4n) is 3.57. The number of rotatable bonds is 7. The number of hydrogen-bond acceptors (Lipinski definition) is 8. The number of nitriles is 1. The molecule has 0 saturated heterocycles. The Hall–Kier alpha value is -3.77. The quantitative estimate of drug-likeness (QED) is 0.304. The Morgan fingerprint density at radius 3 is 2.70 bits per heavy atom. The molecule has 0 amide bonds. The fraction of sp³-hybridized carbons (Fsp3) is 0.167. The van der Waals surface area contributed by atoms with Gasteiger partial charge in [0.05, 0.1) is 22.3 Å². The van der Waals surface area contributed by atoms with E-state index in [2.05, 4.69) is 20.6 Å². The van der Waals surface area contributed by atoms with E-state index in [0.717, 1.165) is 10.9 Å². The highest BCUT2D eigenvalue weighted by atomic mass is 35.5. The normalized spacial score (nSPS) is 12.8. The van der Waals surface area contributed by atoms with Gasteiger partial charge in [-0.2, -0.15) is 5.26 Å². The summed E-state index contributed by atoms with van der Waals surface area (Å²) in [5, 5.41) is 28.1. The summed E-state index contributed by atoms with van der Waals surface area (Å²) in [4.78, 5) is 12.8. The van der Waals surface area contributed by atoms with Gasteiger partial charge in [0.2, 0.25) is 0 Å². The molecular formula is C24H22ClN7O. The topological polar surface area (TPSA) is 133 Å². The van der Waals surface area contributed by atoms with Crippen molar-refractivity contribution in [3.05, 3.63) is 88.3 Å². The molecule has 8 nitrogen and oxygen atoms in total. The van der Waals surface area contributed by atoms with Crippen molar-refractivity contribution in [3.63, 3.8) is 0 Å². The van der Waals surface area contributed by atoms with Crippen LogP contribution in [-0.2, 0) is 6.54 Å². The average molecular weight is 460 g/mol. The largest absolute Gasteiger partial charge is 0.382 e. The summed E-state index contributed by atoms with van der Waals surface area (Å²) in [6.45, 7) is 2.33. The van der Waals surface area contributed by atoms with Crippen molar-refractivity contribution in [1.82, 2.24) is 20.3 Å². The molecule has 9 heteroatoms. The third-order valence-electron chi connectivity index (χ3n) is 5.25. The number of anilines is 2. The summed E-state index contributed by atoms with van der Waals surface area (Å²) in [7, 11) is 0. The number of hydrogen-bond donors (Lipinski definition) is 4. The number of para-hydroxylation sites is 1. The molecule has 4 aromatic rings. The summed E-state index contributed by atoms with van der Waals surface area (Å²) in [5.74, 6) is 0.373. The van der Waals surface area contributed by atoms with Crippen LogP contribution >= 0.6 is 11.6 Å². The number of nitrogen functional groups attached to an aromatic ring is 1. The van der Waals surface area contributed by atoms with Crippen LogP contribution in [0.1, 0.15) is 41.6 Å². The summed E-state index contributed by atoms with van der Waals surface area (Å²) >= 11 is 6.39. The molecule has 2 heterocycles. The zero-order valence-corrected chi connectivity index (χ0v) is 18.6. The van der Waals surface area contributed by atoms with Crippen molar-refractivity contribution >= 4 is 34.1 Å². The van der Waals surface area contributed by atoms with Crippen LogP contribution in [0.25, 0.3) is 10.9 Å². The molecule has 1 unspecified atom stereocenters. The second-order valence-corrected chi connectivity index (χ2v) is 7.91. The summed E-state index contributed by atoms with van der Waals surface area (Å²) in [6, 6.07) is 18.7. The molecule has 2 aromatic heterocycles. The first-order chi connectivity index (χ1) is 16.0. The number of nitrogens with zero attached hydrogens (tertiary/aromatic N) is 4. The minimum Gasteiger partial charge on any atom is -0.382 e. The third-order valence-corrected chi connectivity index (χ3v) is 5.55. The Balaban J connectivity index is 1.71. The van der Waals surface area contributed by atoms with Gasteiger partial charge in [0.1, 0.15) is 35.8 Å². The lowest BCUT2D eigenvalue weighted by molar-refractivity contribution is 0.135. The first-order valence-corrected chi connectivity index (χ1v) is 10.7. The van der Waals surface area contributed by atoms with E-state index in [4.69, 9.17) is 22.3 Å². The number of nitrogens with two attached hydrogens (primary N) is 1. The van der Waals surface area contributed by atoms with Gasteiger partial charge in [0, 0.05) is 17.5 Å². The minimum atomic E-state index is -0.994. The SMILES string of the molecule is C[C@H](Nc1ncnc(N)c1C#N)c1nc2c(Cl)cccc2cc1C(O)NCc1ccccc1. The minimum absolute atomic E-state index is 0.0847. The number of aliphatic hydroxyl groups is 1. The molecule has 166 valence electrons. The molecule has 0 bridgehead atoms. The molecule has 4 rings (SSSR count). The lowest BCUT2D eigenvalue weighted by Gasteiger charge is -2.22. The number of benzene rings is 2. The second-order valence-electron chi connectivity index (χ2n) is 7.50. The van der Waals surface area contributed by atoms with E-state index in [0.29, 0.717) is 28.3 Å². The first-order valence-electron chi connectivity index (χ1n) is 10.3. The van der Waals surface area contributed by atoms with Crippen molar-refractivity contribution in [2.45, 2.75) is 25.7 Å². The molecule has 5 N–H and O–H groups in total. The summed E-state index contributed by atoms with van der Waals surface area (Å²) in [5.41, 5.74) is 8.76. The van der Waals surface area contributed by atoms with E-state index in [1.165, 1.54) is 6.33 Å². The van der Waals surface area contributed by atoms with Crippen molar-refractivity contribution in [1.29, 1.82) is 5.26 Å². The van der Waals surface area contributed by atoms with Crippen LogP contribution < -0.4 is 16.4 Å². The Labute approximate surface area is 196 Å². The molecule has 0 spiro atoms. The Morgan fingerprint density at radius 1 is 1.15 bits per heavy atom. The smallest absolute Gasteiger partial charge is 0.150 e. The van der Waals surface area contributed by atoms with Gasteiger partial charge in [-0.05, 0) is 24.6 Å². The molecule has 0 aliphatic heterocycles. The fourth-order valence-corrected chi connectivity index (χ4v) is 3.80. The predicted octanol–water partition coefficient (Wildman–Crippen LogP) is 4.09. The number of halogens is 1. The van der Waals surface area contributed by atoms with Gasteiger partial charge in [-0.1, -0.05) is 54.1 Å². The van der Waals surface area contributed by atoms with E-state index in [1.807, 2.05) is 61.5 Å². The van der Waals surface area contributed by atoms with Gasteiger partial charge in [-0.15, -0.1) is 0 Å². The van der Waals surface area contributed by atoms with E-state index in [1.54, 1.807) is 6.07 Å². The molecule has 0 fully saturated rings. The second kappa shape index (κ2) is 9.79. The maximum absolute atomic E-state index is 11.0. The van der Waals surface area contributed by atoms with Gasteiger partial charge in [-0.25, -0.2) is 15.0 Å². The predicted molar refractivity (Wildman–Crippen MR) is 128 cm³/mol. The van der Waals surface area contributed by atoms with Crippen LogP contribution in [0.3, 0.4) is 0 Å². The van der Waals surface area contributed by atoms with Gasteiger partial charge in [-0.3, -0.25) is 5.32 Å². The van der Waals surface area contributed by atoms with E-state index < -0.39 is 12.3 Å². The molecule has 0 aliphatic carbocycles. The molecule has 2 atom stereocenters. The van der Waals surface area contributed by atoms with Gasteiger partial charge in [0.25, 0.3) is 0 Å². The van der Waals surface area contributed by atoms with Crippen molar-refractivity contribution < 1.29 is 5.11 Å². The van der Waals surface area contributed by atoms with E-state index >= 15 is 0 Å². The molecule has 0 saturated carbocycles. The molecule has 33 heavy (non-hydrogen) atoms. The van der Waals surface area contributed by atoms with Crippen molar-refractivity contribution in [3.8, 4) is 6.07 Å². The third kappa shape index (κ3) is 4.86. The van der Waals surface area contributed by atoms with Crippen LogP contribution in [0.4, 0.5) is 11.6 Å². The van der Waals surface area contributed by atoms with Crippen LogP contribution in [0.2, 0.25) is 5.02 Å². The van der Waals surface area contributed by atoms with Gasteiger partial charge < -0.3 is 16.2 Å². The number of fused-ring (bicyclic) bond motifs is 1. The van der Waals surface area contributed by atoms with Crippen molar-refractivity contribution in [2.24, 2.45) is 0 Å². The maximum Gasteiger partial charge on any atom is 0.150 e. The summed E-state index contributed by atoms with van der Waals surface area (Å²) < 4.78 is 0. The number of aromatic nitrogens is 3. The highest BCUT2D eigenvalue weighted by Gasteiger charge is 2.22. The number of aliphatic hydroxyl groups excluding tert-OH is 1. The van der Waals surface area contributed by atoms with E-state index in [-0.39, 0.29) is 17.2 Å².